The Kier molecular flexibility index (Phi) is 10.9. The molecule has 45 heavy (non-hydrogen) atoms. The van der Waals surface area contributed by atoms with E-state index in [0.717, 1.165) is 46.2 Å². The van der Waals surface area contributed by atoms with Gasteiger partial charge in [0.1, 0.15) is 16.8 Å². The first-order valence-electron chi connectivity index (χ1n) is 14.6. The van der Waals surface area contributed by atoms with E-state index < -0.39 is 17.1 Å². The zero-order chi connectivity index (χ0) is 31.8. The number of thiophene rings is 1. The monoisotopic (exact) mass is 698 g/mol. The molecule has 3 aromatic carbocycles. The number of hydrogen-bond acceptors (Lipinski definition) is 6. The molecule has 228 valence electrons. The minimum Gasteiger partial charge on any atom is -0.321 e. The second kappa shape index (κ2) is 15.2. The molecule has 1 aromatic heterocycles. The predicted molar refractivity (Wildman–Crippen MR) is 185 cm³/mol. The fraction of sp³-hybridized carbons (Fsp3) is 0.200. The lowest BCUT2D eigenvalue weighted by Gasteiger charge is -2.16. The molecule has 0 saturated carbocycles. The highest BCUT2D eigenvalue weighted by molar-refractivity contribution is 9.10. The van der Waals surface area contributed by atoms with Crippen molar-refractivity contribution in [2.24, 2.45) is 0 Å². The third-order valence-corrected chi connectivity index (χ3v) is 10.4. The number of amides is 3. The Balaban J connectivity index is 1.30. The number of carbonyl (C=O) groups is 3. The molecule has 0 aliphatic heterocycles. The van der Waals surface area contributed by atoms with Crippen LogP contribution in [0.5, 0.6) is 0 Å². The molecule has 0 bridgehead atoms. The summed E-state index contributed by atoms with van der Waals surface area (Å²) in [5.74, 6) is -1.04. The average Bonchev–Trinajstić information content (AvgIpc) is 3.41. The van der Waals surface area contributed by atoms with Crippen LogP contribution in [0.25, 0.3) is 6.08 Å². The normalized spacial score (nSPS) is 13.2. The zero-order valence-electron chi connectivity index (χ0n) is 24.6. The summed E-state index contributed by atoms with van der Waals surface area (Å²) in [7, 11) is 0. The van der Waals surface area contributed by atoms with Gasteiger partial charge in [-0.3, -0.25) is 14.4 Å². The van der Waals surface area contributed by atoms with Crippen molar-refractivity contribution < 1.29 is 14.4 Å². The number of fused-ring (bicyclic) bond motifs is 1. The minimum atomic E-state index is -0.486. The van der Waals surface area contributed by atoms with Crippen LogP contribution >= 0.6 is 39.0 Å². The van der Waals surface area contributed by atoms with Crippen LogP contribution in [0, 0.1) is 11.3 Å². The van der Waals surface area contributed by atoms with Crippen molar-refractivity contribution in [1.82, 2.24) is 5.32 Å². The highest BCUT2D eigenvalue weighted by atomic mass is 79.9. The predicted octanol–water partition coefficient (Wildman–Crippen LogP) is 8.18. The van der Waals surface area contributed by atoms with E-state index >= 15 is 0 Å². The number of benzene rings is 3. The van der Waals surface area contributed by atoms with E-state index in [-0.39, 0.29) is 11.6 Å². The number of nitrogens with one attached hydrogen (secondary N) is 3. The largest absolute Gasteiger partial charge is 0.321 e. The molecule has 1 unspecified atom stereocenters. The number of aryl methyl sites for hydroxylation is 1. The molecule has 1 aliphatic rings. The van der Waals surface area contributed by atoms with Gasteiger partial charge in [-0.1, -0.05) is 59.3 Å². The fourth-order valence-electron chi connectivity index (χ4n) is 4.96. The van der Waals surface area contributed by atoms with Crippen LogP contribution in [-0.4, -0.2) is 23.0 Å². The molecular weight excluding hydrogens is 668 g/mol. The van der Waals surface area contributed by atoms with Crippen LogP contribution in [0.2, 0.25) is 0 Å². The first kappa shape index (κ1) is 32.2. The summed E-state index contributed by atoms with van der Waals surface area (Å²) in [4.78, 5) is 41.8. The van der Waals surface area contributed by atoms with Gasteiger partial charge in [0, 0.05) is 25.5 Å². The van der Waals surface area contributed by atoms with Gasteiger partial charge in [-0.05, 0) is 91.8 Å². The molecule has 1 heterocycles. The fourth-order valence-corrected chi connectivity index (χ4v) is 7.49. The lowest BCUT2D eigenvalue weighted by molar-refractivity contribution is -0.116. The van der Waals surface area contributed by atoms with Gasteiger partial charge in [-0.15, -0.1) is 23.1 Å². The van der Waals surface area contributed by atoms with E-state index in [2.05, 4.69) is 37.9 Å². The molecule has 0 spiro atoms. The van der Waals surface area contributed by atoms with Crippen molar-refractivity contribution in [3.8, 4) is 6.07 Å². The first-order valence-corrected chi connectivity index (χ1v) is 17.1. The van der Waals surface area contributed by atoms with Gasteiger partial charge >= 0.3 is 0 Å². The van der Waals surface area contributed by atoms with Crippen LogP contribution < -0.4 is 16.0 Å². The number of halogens is 1. The Labute approximate surface area is 279 Å². The molecule has 1 aliphatic carbocycles. The summed E-state index contributed by atoms with van der Waals surface area (Å²) in [6.45, 7) is 1.95. The van der Waals surface area contributed by atoms with Gasteiger partial charge in [0.25, 0.3) is 11.8 Å². The Morgan fingerprint density at radius 3 is 2.49 bits per heavy atom. The third kappa shape index (κ3) is 8.31. The number of thioether (sulfide) groups is 1. The van der Waals surface area contributed by atoms with Gasteiger partial charge in [0.05, 0.1) is 10.8 Å². The molecule has 3 amide bonds. The molecule has 4 aromatic rings. The first-order chi connectivity index (χ1) is 21.8. The van der Waals surface area contributed by atoms with Gasteiger partial charge in [0.2, 0.25) is 5.91 Å². The summed E-state index contributed by atoms with van der Waals surface area (Å²) in [5.41, 5.74) is 3.46. The Morgan fingerprint density at radius 2 is 1.76 bits per heavy atom. The van der Waals surface area contributed by atoms with E-state index in [0.29, 0.717) is 28.2 Å². The molecule has 7 nitrogen and oxygen atoms in total. The van der Waals surface area contributed by atoms with Crippen LogP contribution in [-0.2, 0) is 22.4 Å². The lowest BCUT2D eigenvalue weighted by Crippen LogP contribution is -2.30. The summed E-state index contributed by atoms with van der Waals surface area (Å²) in [6, 6.07) is 25.6. The zero-order valence-corrected chi connectivity index (χ0v) is 27.8. The smallest absolute Gasteiger partial charge is 0.272 e. The van der Waals surface area contributed by atoms with Crippen LogP contribution in [0.3, 0.4) is 0 Å². The van der Waals surface area contributed by atoms with Crippen LogP contribution in [0.1, 0.15) is 58.1 Å². The van der Waals surface area contributed by atoms with Crippen LogP contribution in [0.15, 0.2) is 93.9 Å². The Morgan fingerprint density at radius 1 is 1.00 bits per heavy atom. The summed E-state index contributed by atoms with van der Waals surface area (Å²) >= 11 is 6.33. The van der Waals surface area contributed by atoms with E-state index in [1.807, 2.05) is 49.4 Å². The van der Waals surface area contributed by atoms with Crippen LogP contribution in [0.4, 0.5) is 10.7 Å². The van der Waals surface area contributed by atoms with Gasteiger partial charge in [-0.2, -0.15) is 5.26 Å². The maximum absolute atomic E-state index is 13.5. The van der Waals surface area contributed by atoms with Crippen molar-refractivity contribution in [2.75, 3.05) is 10.6 Å². The molecule has 10 heteroatoms. The Bertz CT molecular complexity index is 1780. The Hall–Kier alpha value is -4.17. The molecule has 3 N–H and O–H groups in total. The second-order valence-electron chi connectivity index (χ2n) is 10.4. The van der Waals surface area contributed by atoms with Crippen molar-refractivity contribution >= 4 is 73.5 Å². The number of rotatable bonds is 10. The number of carbonyl (C=O) groups excluding carboxylic acids is 3. The molecule has 0 saturated heterocycles. The van der Waals surface area contributed by atoms with Gasteiger partial charge in [0.15, 0.2) is 0 Å². The number of nitriles is 1. The SMILES string of the molecule is CCC(Sc1cccc(NC(=O)/C(=C\c2ccc(Br)cc2)NC(=O)c2ccccc2)c1)C(=O)Nc1sc2c(c1C#N)CCCC2. The molecule has 5 rings (SSSR count). The highest BCUT2D eigenvalue weighted by Crippen LogP contribution is 2.38. The topological polar surface area (TPSA) is 111 Å². The molecule has 0 radical (unpaired) electrons. The molecule has 0 fully saturated rings. The maximum atomic E-state index is 13.5. The number of hydrogen-bond donors (Lipinski definition) is 3. The van der Waals surface area contributed by atoms with Crippen molar-refractivity contribution in [1.29, 1.82) is 5.26 Å². The molecular formula is C35H31BrN4O3S2. The van der Waals surface area contributed by atoms with Crippen molar-refractivity contribution in [2.45, 2.75) is 49.2 Å². The number of nitrogens with zero attached hydrogens (tertiary/aromatic N) is 1. The summed E-state index contributed by atoms with van der Waals surface area (Å²) in [6.07, 6.45) is 6.19. The maximum Gasteiger partial charge on any atom is 0.272 e. The van der Waals surface area contributed by atoms with E-state index in [1.54, 1.807) is 42.5 Å². The van der Waals surface area contributed by atoms with E-state index in [9.17, 15) is 19.6 Å². The number of anilines is 2. The highest BCUT2D eigenvalue weighted by Gasteiger charge is 2.25. The van der Waals surface area contributed by atoms with Crippen molar-refractivity contribution in [3.05, 3.63) is 116 Å². The summed E-state index contributed by atoms with van der Waals surface area (Å²) in [5, 5.41) is 18.7. The molecule has 1 atom stereocenters. The van der Waals surface area contributed by atoms with E-state index in [1.165, 1.54) is 28.0 Å². The van der Waals surface area contributed by atoms with Crippen molar-refractivity contribution in [3.63, 3.8) is 0 Å². The van der Waals surface area contributed by atoms with Gasteiger partial charge in [-0.25, -0.2) is 0 Å². The third-order valence-electron chi connectivity index (χ3n) is 7.26. The second-order valence-corrected chi connectivity index (χ2v) is 13.7. The van der Waals surface area contributed by atoms with Gasteiger partial charge < -0.3 is 16.0 Å². The average molecular weight is 700 g/mol. The van der Waals surface area contributed by atoms with E-state index in [4.69, 9.17) is 0 Å². The standard InChI is InChI=1S/C35H31BrN4O3S2/c1-2-30(34(43)40-35-28(21-37)27-13-6-7-14-31(27)45-35)44-26-12-8-11-25(20-26)38-33(42)29(19-22-15-17-24(36)18-16-22)39-32(41)23-9-4-3-5-10-23/h3-5,8-12,15-20,30H,2,6-7,13-14H2,1H3,(H,38,42)(H,39,41)(H,40,43)/b29-19+. The lowest BCUT2D eigenvalue weighted by atomic mass is 9.96. The minimum absolute atomic E-state index is 0.0852. The summed E-state index contributed by atoms with van der Waals surface area (Å²) < 4.78 is 0.896. The quantitative estimate of drug-likeness (QED) is 0.114.